The molecule has 0 aliphatic carbocycles. The smallest absolute Gasteiger partial charge is 0.408 e. The number of nitrogens with one attached hydrogen (secondary N) is 2. The molecule has 192 valence electrons. The normalized spacial score (nSPS) is 13.1. The number of alkyl carbamates (subject to hydrolysis) is 1. The fourth-order valence-corrected chi connectivity index (χ4v) is 3.70. The maximum atomic E-state index is 13.7. The lowest BCUT2D eigenvalue weighted by Gasteiger charge is -2.35. The first-order valence-electron chi connectivity index (χ1n) is 12.2. The Hall–Kier alpha value is -2.61. The highest BCUT2D eigenvalue weighted by atomic mass is 16.6. The van der Waals surface area contributed by atoms with E-state index >= 15 is 0 Å². The molecular formula is C26H43N3O5. The maximum Gasteiger partial charge on any atom is 0.408 e. The topological polar surface area (TPSA) is 108 Å². The molecule has 0 aromatic heterocycles. The highest BCUT2D eigenvalue weighted by Crippen LogP contribution is 2.29. The average molecular weight is 478 g/mol. The summed E-state index contributed by atoms with van der Waals surface area (Å²) >= 11 is 0. The molecule has 0 heterocycles. The van der Waals surface area contributed by atoms with Crippen LogP contribution in [0, 0.1) is 13.8 Å². The summed E-state index contributed by atoms with van der Waals surface area (Å²) in [5.74, 6) is -0.802. The number of hydrogen-bond acceptors (Lipinski definition) is 5. The van der Waals surface area contributed by atoms with Crippen LogP contribution < -0.4 is 10.6 Å². The average Bonchev–Trinajstić information content (AvgIpc) is 2.74. The van der Waals surface area contributed by atoms with Gasteiger partial charge in [0.1, 0.15) is 17.7 Å². The van der Waals surface area contributed by atoms with E-state index in [-0.39, 0.29) is 5.91 Å². The molecule has 0 radical (unpaired) electrons. The van der Waals surface area contributed by atoms with Crippen LogP contribution in [0.4, 0.5) is 4.79 Å². The van der Waals surface area contributed by atoms with Gasteiger partial charge in [0.25, 0.3) is 0 Å². The minimum atomic E-state index is -1.23. The summed E-state index contributed by atoms with van der Waals surface area (Å²) in [6.07, 6.45) is 2.43. The van der Waals surface area contributed by atoms with Crippen LogP contribution in [0.15, 0.2) is 18.2 Å². The van der Waals surface area contributed by atoms with Gasteiger partial charge in [0.2, 0.25) is 11.8 Å². The summed E-state index contributed by atoms with van der Waals surface area (Å²) < 4.78 is 5.27. The number of ether oxygens (including phenoxy) is 1. The number of carbonyl (C=O) groups is 3. The van der Waals surface area contributed by atoms with Crippen molar-refractivity contribution in [1.29, 1.82) is 0 Å². The van der Waals surface area contributed by atoms with Gasteiger partial charge in [-0.2, -0.15) is 0 Å². The Bertz CT molecular complexity index is 799. The Labute approximate surface area is 204 Å². The van der Waals surface area contributed by atoms with Gasteiger partial charge in [-0.25, -0.2) is 4.79 Å². The molecule has 1 aromatic rings. The number of aliphatic hydroxyl groups excluding tert-OH is 1. The van der Waals surface area contributed by atoms with Crippen molar-refractivity contribution >= 4 is 17.9 Å². The van der Waals surface area contributed by atoms with E-state index < -0.39 is 36.3 Å². The zero-order valence-corrected chi connectivity index (χ0v) is 21.9. The number of amides is 3. The first-order valence-corrected chi connectivity index (χ1v) is 12.2. The van der Waals surface area contributed by atoms with Crippen molar-refractivity contribution in [3.63, 3.8) is 0 Å². The molecule has 0 aliphatic heterocycles. The van der Waals surface area contributed by atoms with Crippen molar-refractivity contribution < 1.29 is 24.2 Å². The van der Waals surface area contributed by atoms with Crippen molar-refractivity contribution in [2.24, 2.45) is 0 Å². The molecule has 0 saturated heterocycles. The number of hydrogen-bond donors (Lipinski definition) is 3. The monoisotopic (exact) mass is 477 g/mol. The summed E-state index contributed by atoms with van der Waals surface area (Å²) in [6, 6.07) is 3.63. The van der Waals surface area contributed by atoms with Crippen LogP contribution in [0.25, 0.3) is 0 Å². The Morgan fingerprint density at radius 3 is 2.15 bits per heavy atom. The molecule has 2 atom stereocenters. The van der Waals surface area contributed by atoms with Crippen LogP contribution in [0.5, 0.6) is 0 Å². The van der Waals surface area contributed by atoms with E-state index in [9.17, 15) is 19.5 Å². The molecule has 0 aliphatic rings. The molecular weight excluding hydrogens is 434 g/mol. The van der Waals surface area contributed by atoms with Crippen molar-refractivity contribution in [1.82, 2.24) is 15.5 Å². The van der Waals surface area contributed by atoms with Crippen LogP contribution in [-0.2, 0) is 14.3 Å². The Kier molecular flexibility index (Phi) is 12.1. The van der Waals surface area contributed by atoms with Gasteiger partial charge in [0.15, 0.2) is 0 Å². The van der Waals surface area contributed by atoms with E-state index in [1.54, 1.807) is 20.8 Å². The van der Waals surface area contributed by atoms with E-state index in [0.717, 1.165) is 36.0 Å². The molecule has 0 saturated carbocycles. The minimum Gasteiger partial charge on any atom is -0.444 e. The Morgan fingerprint density at radius 2 is 1.65 bits per heavy atom. The molecule has 0 fully saturated rings. The lowest BCUT2D eigenvalue weighted by molar-refractivity contribution is -0.143. The molecule has 0 spiro atoms. The summed E-state index contributed by atoms with van der Waals surface area (Å²) in [6.45, 7) is 13.2. The number of aryl methyl sites for hydroxylation is 2. The van der Waals surface area contributed by atoms with E-state index in [1.165, 1.54) is 4.90 Å². The molecule has 1 rings (SSSR count). The number of aliphatic hydroxyl groups is 1. The molecule has 1 aromatic carbocycles. The van der Waals surface area contributed by atoms with E-state index in [4.69, 9.17) is 4.74 Å². The van der Waals surface area contributed by atoms with Crippen LogP contribution in [0.3, 0.4) is 0 Å². The second kappa shape index (κ2) is 13.9. The second-order valence-electron chi connectivity index (χ2n) is 9.62. The van der Waals surface area contributed by atoms with Crippen molar-refractivity contribution in [2.45, 2.75) is 91.8 Å². The van der Waals surface area contributed by atoms with Gasteiger partial charge >= 0.3 is 6.09 Å². The van der Waals surface area contributed by atoms with E-state index in [1.807, 2.05) is 45.9 Å². The molecule has 2 unspecified atom stereocenters. The first-order chi connectivity index (χ1) is 16.0. The van der Waals surface area contributed by atoms with Gasteiger partial charge in [-0.3, -0.25) is 9.59 Å². The second-order valence-corrected chi connectivity index (χ2v) is 9.62. The largest absolute Gasteiger partial charge is 0.444 e. The van der Waals surface area contributed by atoms with Crippen molar-refractivity contribution in [2.75, 3.05) is 19.7 Å². The van der Waals surface area contributed by atoms with Gasteiger partial charge < -0.3 is 25.4 Å². The third-order valence-corrected chi connectivity index (χ3v) is 5.41. The van der Waals surface area contributed by atoms with Crippen LogP contribution >= 0.6 is 0 Å². The highest BCUT2D eigenvalue weighted by molar-refractivity contribution is 5.92. The minimum absolute atomic E-state index is 0.274. The van der Waals surface area contributed by atoms with Crippen LogP contribution in [-0.4, -0.2) is 59.3 Å². The summed E-state index contributed by atoms with van der Waals surface area (Å²) in [5, 5.41) is 15.4. The molecule has 3 amide bonds. The number of benzene rings is 1. The fraction of sp³-hybridized carbons (Fsp3) is 0.654. The third kappa shape index (κ3) is 8.97. The molecule has 0 bridgehead atoms. The molecule has 34 heavy (non-hydrogen) atoms. The fourth-order valence-electron chi connectivity index (χ4n) is 3.70. The number of carbonyl (C=O) groups excluding carboxylic acids is 3. The zero-order valence-electron chi connectivity index (χ0n) is 21.9. The standard InChI is InChI=1S/C26H43N3O5/c1-8-10-15-27-23(31)22(21-18(3)13-12-14-19(21)4)29(16-11-9-2)24(32)20(17-30)28-25(33)34-26(5,6)7/h12-14,20,22,30H,8-11,15-17H2,1-7H3,(H,27,31)(H,28,33). The maximum absolute atomic E-state index is 13.7. The number of nitrogens with zero attached hydrogens (tertiary/aromatic N) is 1. The summed E-state index contributed by atoms with van der Waals surface area (Å²) in [5.41, 5.74) is 1.79. The predicted molar refractivity (Wildman–Crippen MR) is 133 cm³/mol. The lowest BCUT2D eigenvalue weighted by Crippen LogP contribution is -2.54. The number of rotatable bonds is 12. The molecule has 3 N–H and O–H groups in total. The Morgan fingerprint density at radius 1 is 1.06 bits per heavy atom. The third-order valence-electron chi connectivity index (χ3n) is 5.41. The SMILES string of the molecule is CCCCNC(=O)C(c1c(C)cccc1C)N(CCCC)C(=O)C(CO)NC(=O)OC(C)(C)C. The Balaban J connectivity index is 3.42. The van der Waals surface area contributed by atoms with Gasteiger partial charge in [-0.15, -0.1) is 0 Å². The van der Waals surface area contributed by atoms with Crippen molar-refractivity contribution in [3.8, 4) is 0 Å². The zero-order chi connectivity index (χ0) is 25.9. The van der Waals surface area contributed by atoms with Gasteiger partial charge in [0, 0.05) is 13.1 Å². The van der Waals surface area contributed by atoms with Gasteiger partial charge in [0.05, 0.1) is 6.61 Å². The van der Waals surface area contributed by atoms with E-state index in [0.29, 0.717) is 19.5 Å². The summed E-state index contributed by atoms with van der Waals surface area (Å²) in [7, 11) is 0. The van der Waals surface area contributed by atoms with Crippen molar-refractivity contribution in [3.05, 3.63) is 34.9 Å². The first kappa shape index (κ1) is 29.4. The molecule has 8 heteroatoms. The van der Waals surface area contributed by atoms with Crippen LogP contribution in [0.1, 0.15) is 83.0 Å². The quantitative estimate of drug-likeness (QED) is 0.397. The van der Waals surface area contributed by atoms with Gasteiger partial charge in [-0.05, 0) is 64.2 Å². The lowest BCUT2D eigenvalue weighted by atomic mass is 9.93. The predicted octanol–water partition coefficient (Wildman–Crippen LogP) is 3.78. The van der Waals surface area contributed by atoms with Gasteiger partial charge in [-0.1, -0.05) is 44.9 Å². The molecule has 8 nitrogen and oxygen atoms in total. The van der Waals surface area contributed by atoms with Crippen LogP contribution in [0.2, 0.25) is 0 Å². The highest BCUT2D eigenvalue weighted by Gasteiger charge is 2.37. The van der Waals surface area contributed by atoms with E-state index in [2.05, 4.69) is 10.6 Å². The summed E-state index contributed by atoms with van der Waals surface area (Å²) in [4.78, 5) is 41.0. The number of unbranched alkanes of at least 4 members (excludes halogenated alkanes) is 2.